The van der Waals surface area contributed by atoms with Crippen LogP contribution in [0.1, 0.15) is 31.4 Å². The Labute approximate surface area is 184 Å². The van der Waals surface area contributed by atoms with Gasteiger partial charge in [0.05, 0.1) is 12.5 Å². The van der Waals surface area contributed by atoms with E-state index in [2.05, 4.69) is 20.6 Å². The number of carbonyl (C=O) groups excluding carboxylic acids is 1. The highest BCUT2D eigenvalue weighted by Crippen LogP contribution is 2.25. The molecular formula is C22H26N6O4. The van der Waals surface area contributed by atoms with Crippen molar-refractivity contribution < 1.29 is 14.7 Å². The molecule has 10 nitrogen and oxygen atoms in total. The number of anilines is 2. The van der Waals surface area contributed by atoms with E-state index in [1.807, 2.05) is 37.3 Å². The summed E-state index contributed by atoms with van der Waals surface area (Å²) < 4.78 is 1.56. The van der Waals surface area contributed by atoms with Gasteiger partial charge in [-0.1, -0.05) is 37.3 Å². The summed E-state index contributed by atoms with van der Waals surface area (Å²) in [7, 11) is 3.11. The quantitative estimate of drug-likeness (QED) is 0.493. The highest BCUT2D eigenvalue weighted by Gasteiger charge is 2.22. The summed E-state index contributed by atoms with van der Waals surface area (Å²) in [6.45, 7) is 2.03. The van der Waals surface area contributed by atoms with Crippen LogP contribution in [-0.2, 0) is 4.79 Å². The molecule has 0 radical (unpaired) electrons. The van der Waals surface area contributed by atoms with Crippen molar-refractivity contribution in [2.75, 3.05) is 30.9 Å². The van der Waals surface area contributed by atoms with Crippen molar-refractivity contribution in [1.82, 2.24) is 19.9 Å². The lowest BCUT2D eigenvalue weighted by atomic mass is 10.0. The largest absolute Gasteiger partial charge is 0.481 e. The summed E-state index contributed by atoms with van der Waals surface area (Å²) in [5.74, 6) is -0.554. The molecule has 0 bridgehead atoms. The second-order valence-electron chi connectivity index (χ2n) is 7.17. The molecule has 0 aliphatic rings. The summed E-state index contributed by atoms with van der Waals surface area (Å²) in [6.07, 6.45) is 0.456. The molecule has 0 fully saturated rings. The second kappa shape index (κ2) is 9.90. The second-order valence-corrected chi connectivity index (χ2v) is 7.17. The molecule has 2 aromatic heterocycles. The third-order valence-corrected chi connectivity index (χ3v) is 5.10. The first-order valence-corrected chi connectivity index (χ1v) is 10.3. The fourth-order valence-electron chi connectivity index (χ4n) is 3.47. The molecule has 3 aromatic rings. The first-order valence-electron chi connectivity index (χ1n) is 10.3. The van der Waals surface area contributed by atoms with Crippen LogP contribution in [0, 0.1) is 0 Å². The molecule has 0 saturated heterocycles. The summed E-state index contributed by atoms with van der Waals surface area (Å²) >= 11 is 0. The zero-order chi connectivity index (χ0) is 23.3. The van der Waals surface area contributed by atoms with E-state index in [0.29, 0.717) is 23.4 Å². The predicted octanol–water partition coefficient (Wildman–Crippen LogP) is 2.45. The standard InChI is InChI=1S/C22H26N6O4/c1-4-16(14-8-6-5-7-9-14)28-20-15(10-11-17(26-20)27(3)22(32)23-2)25-19(21(28)31)24-13-12-18(29)30/h5-11,16H,4,12-13H2,1-3H3,(H,23,32)(H,24,25)(H,29,30)/t16-/m0/s1. The van der Waals surface area contributed by atoms with E-state index in [4.69, 9.17) is 5.11 Å². The number of carboxylic acid groups (broad SMARTS) is 1. The monoisotopic (exact) mass is 438 g/mol. The number of urea groups is 1. The zero-order valence-electron chi connectivity index (χ0n) is 18.2. The fourth-order valence-corrected chi connectivity index (χ4v) is 3.47. The molecule has 3 rings (SSSR count). The maximum atomic E-state index is 13.5. The Morgan fingerprint density at radius 3 is 2.50 bits per heavy atom. The third-order valence-electron chi connectivity index (χ3n) is 5.10. The number of aliphatic carboxylic acids is 1. The van der Waals surface area contributed by atoms with Gasteiger partial charge in [0.1, 0.15) is 11.3 Å². The summed E-state index contributed by atoms with van der Waals surface area (Å²) in [5, 5.41) is 14.3. The molecule has 0 aliphatic carbocycles. The fraction of sp³-hybridized carbons (Fsp3) is 0.318. The van der Waals surface area contributed by atoms with Crippen molar-refractivity contribution in [2.45, 2.75) is 25.8 Å². The summed E-state index contributed by atoms with van der Waals surface area (Å²) in [6, 6.07) is 12.2. The first-order chi connectivity index (χ1) is 15.4. The lowest BCUT2D eigenvalue weighted by Crippen LogP contribution is -2.36. The van der Waals surface area contributed by atoms with Gasteiger partial charge in [0.2, 0.25) is 0 Å². The molecule has 0 spiro atoms. The minimum absolute atomic E-state index is 0.0577. The van der Waals surface area contributed by atoms with Crippen LogP contribution < -0.4 is 21.1 Å². The summed E-state index contributed by atoms with van der Waals surface area (Å²) in [5.41, 5.74) is 1.30. The van der Waals surface area contributed by atoms with Crippen LogP contribution in [0.15, 0.2) is 47.3 Å². The SMILES string of the molecule is CC[C@@H](c1ccccc1)n1c(=O)c(NCCC(=O)O)nc2ccc(N(C)C(=O)NC)nc21. The topological polar surface area (TPSA) is 129 Å². The van der Waals surface area contributed by atoms with Crippen LogP contribution >= 0.6 is 0 Å². The number of nitrogens with zero attached hydrogens (tertiary/aromatic N) is 4. The van der Waals surface area contributed by atoms with Gasteiger partial charge in [0.25, 0.3) is 5.56 Å². The minimum Gasteiger partial charge on any atom is -0.481 e. The van der Waals surface area contributed by atoms with E-state index in [-0.39, 0.29) is 30.9 Å². The maximum Gasteiger partial charge on any atom is 0.322 e. The first kappa shape index (κ1) is 22.7. The van der Waals surface area contributed by atoms with Gasteiger partial charge < -0.3 is 15.7 Å². The van der Waals surface area contributed by atoms with Crippen molar-refractivity contribution in [1.29, 1.82) is 0 Å². The van der Waals surface area contributed by atoms with E-state index >= 15 is 0 Å². The number of carbonyl (C=O) groups is 2. The van der Waals surface area contributed by atoms with E-state index < -0.39 is 11.5 Å². The molecule has 168 valence electrons. The molecule has 2 heterocycles. The Kier molecular flexibility index (Phi) is 7.04. The van der Waals surface area contributed by atoms with Crippen molar-refractivity contribution in [3.63, 3.8) is 0 Å². The van der Waals surface area contributed by atoms with Crippen LogP contribution in [0.4, 0.5) is 16.4 Å². The number of hydrogen-bond acceptors (Lipinski definition) is 6. The van der Waals surface area contributed by atoms with Gasteiger partial charge in [-0.15, -0.1) is 0 Å². The number of nitrogens with one attached hydrogen (secondary N) is 2. The minimum atomic E-state index is -0.974. The average Bonchev–Trinajstić information content (AvgIpc) is 2.80. The Hall–Kier alpha value is -3.95. The van der Waals surface area contributed by atoms with Gasteiger partial charge in [0.15, 0.2) is 11.5 Å². The van der Waals surface area contributed by atoms with E-state index in [1.54, 1.807) is 23.7 Å². The van der Waals surface area contributed by atoms with Gasteiger partial charge in [0, 0.05) is 20.6 Å². The molecule has 0 aliphatic heterocycles. The van der Waals surface area contributed by atoms with Gasteiger partial charge in [-0.05, 0) is 24.1 Å². The number of fused-ring (bicyclic) bond motifs is 1. The van der Waals surface area contributed by atoms with Crippen molar-refractivity contribution in [2.24, 2.45) is 0 Å². The Morgan fingerprint density at radius 1 is 1.16 bits per heavy atom. The van der Waals surface area contributed by atoms with Gasteiger partial charge in [-0.25, -0.2) is 14.8 Å². The van der Waals surface area contributed by atoms with Crippen LogP contribution in [0.25, 0.3) is 11.2 Å². The van der Waals surface area contributed by atoms with Crippen molar-refractivity contribution in [3.8, 4) is 0 Å². The molecule has 2 amide bonds. The molecule has 1 atom stereocenters. The van der Waals surface area contributed by atoms with Gasteiger partial charge >= 0.3 is 12.0 Å². The third kappa shape index (κ3) is 4.69. The number of amides is 2. The summed E-state index contributed by atoms with van der Waals surface area (Å²) in [4.78, 5) is 46.7. The van der Waals surface area contributed by atoms with Crippen molar-refractivity contribution >= 4 is 34.8 Å². The van der Waals surface area contributed by atoms with Crippen molar-refractivity contribution in [3.05, 3.63) is 58.4 Å². The van der Waals surface area contributed by atoms with Gasteiger partial charge in [-0.3, -0.25) is 19.1 Å². The lowest BCUT2D eigenvalue weighted by molar-refractivity contribution is -0.136. The predicted molar refractivity (Wildman–Crippen MR) is 122 cm³/mol. The Balaban J connectivity index is 2.22. The van der Waals surface area contributed by atoms with E-state index in [1.165, 1.54) is 11.9 Å². The molecular weight excluding hydrogens is 412 g/mol. The van der Waals surface area contributed by atoms with E-state index in [0.717, 1.165) is 5.56 Å². The Bertz CT molecular complexity index is 1180. The molecule has 10 heteroatoms. The average molecular weight is 438 g/mol. The van der Waals surface area contributed by atoms with Crippen LogP contribution in [0.2, 0.25) is 0 Å². The van der Waals surface area contributed by atoms with Crippen LogP contribution in [-0.4, -0.2) is 52.3 Å². The number of rotatable bonds is 8. The normalized spacial score (nSPS) is 11.7. The zero-order valence-corrected chi connectivity index (χ0v) is 18.2. The molecule has 0 saturated carbocycles. The number of pyridine rings is 1. The number of carboxylic acids is 1. The molecule has 1 aromatic carbocycles. The highest BCUT2D eigenvalue weighted by atomic mass is 16.4. The lowest BCUT2D eigenvalue weighted by Gasteiger charge is -2.23. The van der Waals surface area contributed by atoms with Crippen LogP contribution in [0.5, 0.6) is 0 Å². The number of benzene rings is 1. The maximum absolute atomic E-state index is 13.5. The molecule has 3 N–H and O–H groups in total. The van der Waals surface area contributed by atoms with Crippen LogP contribution in [0.3, 0.4) is 0 Å². The van der Waals surface area contributed by atoms with E-state index in [9.17, 15) is 14.4 Å². The molecule has 0 unspecified atom stereocenters. The highest BCUT2D eigenvalue weighted by molar-refractivity contribution is 5.91. The smallest absolute Gasteiger partial charge is 0.322 e. The molecule has 32 heavy (non-hydrogen) atoms. The number of aromatic nitrogens is 3. The van der Waals surface area contributed by atoms with Gasteiger partial charge in [-0.2, -0.15) is 0 Å². The number of hydrogen-bond donors (Lipinski definition) is 3. The Morgan fingerprint density at radius 2 is 1.88 bits per heavy atom.